The lowest BCUT2D eigenvalue weighted by molar-refractivity contribution is -0.116. The Bertz CT molecular complexity index is 1190. The maximum atomic E-state index is 13.0. The third-order valence-corrected chi connectivity index (χ3v) is 5.23. The van der Waals surface area contributed by atoms with Gasteiger partial charge in [0, 0.05) is 5.02 Å². The number of benzene rings is 2. The van der Waals surface area contributed by atoms with Crippen molar-refractivity contribution in [2.24, 2.45) is 10.2 Å². The van der Waals surface area contributed by atoms with E-state index in [1.807, 2.05) is 6.07 Å². The predicted molar refractivity (Wildman–Crippen MR) is 113 cm³/mol. The van der Waals surface area contributed by atoms with E-state index in [1.165, 1.54) is 21.4 Å². The summed E-state index contributed by atoms with van der Waals surface area (Å²) in [5.74, 6) is 0.315. The highest BCUT2D eigenvalue weighted by atomic mass is 35.5. The number of aryl methyl sites for hydroxylation is 1. The second-order valence-electron chi connectivity index (χ2n) is 5.97. The fourth-order valence-corrected chi connectivity index (χ4v) is 3.70. The molecule has 0 atom stereocenters. The predicted octanol–water partition coefficient (Wildman–Crippen LogP) is 2.96. The number of carbonyl (C=O) groups excluding carboxylic acids is 1. The number of carbonyl (C=O) groups is 1. The first-order valence-electron chi connectivity index (χ1n) is 8.35. The molecule has 0 spiro atoms. The number of hydrogen-bond acceptors (Lipinski definition) is 6. The van der Waals surface area contributed by atoms with Gasteiger partial charge in [-0.2, -0.15) is 14.8 Å². The van der Waals surface area contributed by atoms with E-state index < -0.39 is 0 Å². The number of rotatable bonds is 3. The molecule has 1 aliphatic heterocycles. The highest BCUT2D eigenvalue weighted by Gasteiger charge is 2.32. The first kappa shape index (κ1) is 18.4. The van der Waals surface area contributed by atoms with Crippen molar-refractivity contribution in [2.75, 3.05) is 10.8 Å². The molecule has 2 aromatic carbocycles. The Labute approximate surface area is 169 Å². The molecule has 4 rings (SSSR count). The Kier molecular flexibility index (Phi) is 4.97. The number of aromatic nitrogens is 2. The minimum atomic E-state index is -0.326. The highest BCUT2D eigenvalue weighted by Crippen LogP contribution is 2.19. The maximum Gasteiger partial charge on any atom is 0.280 e. The fraction of sp³-hybridized carbons (Fsp3) is 0.105. The fourth-order valence-electron chi connectivity index (χ4n) is 2.79. The molecule has 140 valence electrons. The Morgan fingerprint density at radius 3 is 2.68 bits per heavy atom. The third-order valence-electron chi connectivity index (χ3n) is 4.08. The molecule has 2 heterocycles. The summed E-state index contributed by atoms with van der Waals surface area (Å²) in [6, 6.07) is 14.1. The molecule has 1 amide bonds. The van der Waals surface area contributed by atoms with Gasteiger partial charge in [0.15, 0.2) is 0 Å². The standard InChI is InChI=1S/C19H14ClN5O2S/c1-12-22-16-5-3-2-4-15(16)18(27)24(12)25-17(26)11-28-19(25)23-21-10-13-6-8-14(20)9-7-13/h2-10H,11H2,1H3/b21-10+,23-19-. The molecular formula is C19H14ClN5O2S. The van der Waals surface area contributed by atoms with Crippen LogP contribution in [0.2, 0.25) is 5.02 Å². The van der Waals surface area contributed by atoms with Gasteiger partial charge in [-0.1, -0.05) is 47.6 Å². The lowest BCUT2D eigenvalue weighted by atomic mass is 10.2. The Balaban J connectivity index is 1.73. The summed E-state index contributed by atoms with van der Waals surface area (Å²) in [5.41, 5.74) is 1.07. The second kappa shape index (κ2) is 7.57. The van der Waals surface area contributed by atoms with Gasteiger partial charge in [0.2, 0.25) is 5.17 Å². The number of thioether (sulfide) groups is 1. The number of amidine groups is 1. The second-order valence-corrected chi connectivity index (χ2v) is 7.34. The van der Waals surface area contributed by atoms with Crippen molar-refractivity contribution in [1.82, 2.24) is 9.66 Å². The van der Waals surface area contributed by atoms with Gasteiger partial charge in [0.25, 0.3) is 11.5 Å². The van der Waals surface area contributed by atoms with Gasteiger partial charge in [-0.3, -0.25) is 9.59 Å². The van der Waals surface area contributed by atoms with Gasteiger partial charge in [0.1, 0.15) is 5.82 Å². The van der Waals surface area contributed by atoms with Crippen LogP contribution in [0.3, 0.4) is 0 Å². The van der Waals surface area contributed by atoms with Crippen LogP contribution in [0.5, 0.6) is 0 Å². The molecule has 1 fully saturated rings. The monoisotopic (exact) mass is 411 g/mol. The number of nitrogens with zero attached hydrogens (tertiary/aromatic N) is 5. The number of fused-ring (bicyclic) bond motifs is 1. The summed E-state index contributed by atoms with van der Waals surface area (Å²) in [5, 5.41) is 10.8. The van der Waals surface area contributed by atoms with E-state index in [0.29, 0.717) is 26.9 Å². The summed E-state index contributed by atoms with van der Waals surface area (Å²) >= 11 is 7.08. The highest BCUT2D eigenvalue weighted by molar-refractivity contribution is 8.15. The SMILES string of the molecule is Cc1nc2ccccc2c(=O)n1N1C(=O)CS/C1=N\N=C\c1ccc(Cl)cc1. The van der Waals surface area contributed by atoms with Crippen molar-refractivity contribution in [3.63, 3.8) is 0 Å². The van der Waals surface area contributed by atoms with Crippen LogP contribution in [-0.2, 0) is 4.79 Å². The quantitative estimate of drug-likeness (QED) is 0.490. The van der Waals surface area contributed by atoms with E-state index in [2.05, 4.69) is 15.2 Å². The maximum absolute atomic E-state index is 13.0. The van der Waals surface area contributed by atoms with Crippen LogP contribution in [-0.4, -0.2) is 32.7 Å². The molecule has 0 N–H and O–H groups in total. The van der Waals surface area contributed by atoms with Crippen molar-refractivity contribution < 1.29 is 4.79 Å². The number of amides is 1. The minimum Gasteiger partial charge on any atom is -0.272 e. The van der Waals surface area contributed by atoms with Crippen molar-refractivity contribution in [3.05, 3.63) is 75.3 Å². The molecule has 7 nitrogen and oxygen atoms in total. The molecule has 28 heavy (non-hydrogen) atoms. The molecule has 9 heteroatoms. The number of halogens is 1. The van der Waals surface area contributed by atoms with Crippen LogP contribution < -0.4 is 10.6 Å². The lowest BCUT2D eigenvalue weighted by Crippen LogP contribution is -2.47. The van der Waals surface area contributed by atoms with Crippen molar-refractivity contribution in [3.8, 4) is 0 Å². The van der Waals surface area contributed by atoms with Crippen LogP contribution in [0.25, 0.3) is 10.9 Å². The van der Waals surface area contributed by atoms with E-state index >= 15 is 0 Å². The van der Waals surface area contributed by atoms with Gasteiger partial charge < -0.3 is 0 Å². The summed E-state index contributed by atoms with van der Waals surface area (Å²) in [6.07, 6.45) is 1.55. The summed E-state index contributed by atoms with van der Waals surface area (Å²) in [6.45, 7) is 1.68. The summed E-state index contributed by atoms with van der Waals surface area (Å²) in [4.78, 5) is 29.9. The molecule has 0 bridgehead atoms. The van der Waals surface area contributed by atoms with E-state index in [9.17, 15) is 9.59 Å². The minimum absolute atomic E-state index is 0.175. The zero-order valence-corrected chi connectivity index (χ0v) is 16.3. The van der Waals surface area contributed by atoms with Gasteiger partial charge in [0.05, 0.1) is 22.9 Å². The zero-order chi connectivity index (χ0) is 19.7. The molecule has 1 saturated heterocycles. The van der Waals surface area contributed by atoms with Crippen LogP contribution in [0.1, 0.15) is 11.4 Å². The molecule has 0 unspecified atom stereocenters. The molecule has 3 aromatic rings. The average Bonchev–Trinajstić information content (AvgIpc) is 3.04. The average molecular weight is 412 g/mol. The van der Waals surface area contributed by atoms with Crippen LogP contribution in [0, 0.1) is 6.92 Å². The molecular weight excluding hydrogens is 398 g/mol. The van der Waals surface area contributed by atoms with E-state index in [4.69, 9.17) is 11.6 Å². The zero-order valence-electron chi connectivity index (χ0n) is 14.7. The first-order valence-corrected chi connectivity index (χ1v) is 9.72. The van der Waals surface area contributed by atoms with Crippen LogP contribution in [0.15, 0.2) is 63.5 Å². The van der Waals surface area contributed by atoms with Gasteiger partial charge >= 0.3 is 0 Å². The molecule has 1 aliphatic rings. The van der Waals surface area contributed by atoms with Crippen molar-refractivity contribution in [1.29, 1.82) is 0 Å². The van der Waals surface area contributed by atoms with Crippen molar-refractivity contribution in [2.45, 2.75) is 6.92 Å². The number of para-hydroxylation sites is 1. The summed E-state index contributed by atoms with van der Waals surface area (Å²) < 4.78 is 1.25. The lowest BCUT2D eigenvalue weighted by Gasteiger charge is -2.20. The molecule has 0 saturated carbocycles. The van der Waals surface area contributed by atoms with Gasteiger partial charge in [-0.05, 0) is 36.8 Å². The smallest absolute Gasteiger partial charge is 0.272 e. The number of hydrogen-bond donors (Lipinski definition) is 0. The van der Waals surface area contributed by atoms with Crippen LogP contribution >= 0.6 is 23.4 Å². The topological polar surface area (TPSA) is 79.9 Å². The third kappa shape index (κ3) is 3.44. The first-order chi connectivity index (χ1) is 13.5. The van der Waals surface area contributed by atoms with Gasteiger partial charge in [-0.25, -0.2) is 4.98 Å². The molecule has 0 aliphatic carbocycles. The van der Waals surface area contributed by atoms with Crippen molar-refractivity contribution >= 4 is 51.6 Å². The van der Waals surface area contributed by atoms with E-state index in [0.717, 1.165) is 5.56 Å². The Hall–Kier alpha value is -2.97. The van der Waals surface area contributed by atoms with Gasteiger partial charge in [-0.15, -0.1) is 5.10 Å². The normalized spacial score (nSPS) is 16.0. The van der Waals surface area contributed by atoms with E-state index in [1.54, 1.807) is 55.6 Å². The largest absolute Gasteiger partial charge is 0.280 e. The summed E-state index contributed by atoms with van der Waals surface area (Å²) in [7, 11) is 0. The van der Waals surface area contributed by atoms with Crippen LogP contribution in [0.4, 0.5) is 0 Å². The Morgan fingerprint density at radius 2 is 1.89 bits per heavy atom. The Morgan fingerprint density at radius 1 is 1.14 bits per heavy atom. The van der Waals surface area contributed by atoms with E-state index in [-0.39, 0.29) is 17.2 Å². The molecule has 1 aromatic heterocycles. The molecule has 0 radical (unpaired) electrons.